The fourth-order valence-electron chi connectivity index (χ4n) is 1.78. The molecule has 0 radical (unpaired) electrons. The van der Waals surface area contributed by atoms with Gasteiger partial charge in [-0.1, -0.05) is 24.9 Å². The molecule has 3 nitrogen and oxygen atoms in total. The molecule has 2 atom stereocenters. The van der Waals surface area contributed by atoms with Crippen molar-refractivity contribution in [2.45, 2.75) is 45.7 Å². The Labute approximate surface area is 118 Å². The van der Waals surface area contributed by atoms with Crippen LogP contribution in [0.5, 0.6) is 0 Å². The number of hydrogen-bond acceptors (Lipinski definition) is 2. The molecular weight excluding hydrogens is 267 g/mol. The summed E-state index contributed by atoms with van der Waals surface area (Å²) in [5.74, 6) is -0.495. The highest BCUT2D eigenvalue weighted by atomic mass is 35.5. The van der Waals surface area contributed by atoms with Crippen molar-refractivity contribution in [2.24, 2.45) is 0 Å². The first-order valence-corrected chi connectivity index (χ1v) is 6.83. The molecule has 0 bridgehead atoms. The Balaban J connectivity index is 2.58. The average Bonchev–Trinajstić information content (AvgIpc) is 2.32. The van der Waals surface area contributed by atoms with Crippen LogP contribution in [-0.4, -0.2) is 18.0 Å². The third-order valence-corrected chi connectivity index (χ3v) is 3.12. The van der Waals surface area contributed by atoms with Crippen LogP contribution in [0.2, 0.25) is 5.02 Å². The zero-order valence-electron chi connectivity index (χ0n) is 11.5. The highest BCUT2D eigenvalue weighted by molar-refractivity contribution is 6.33. The molecule has 0 fully saturated rings. The summed E-state index contributed by atoms with van der Waals surface area (Å²) >= 11 is 5.90. The molecule has 0 spiro atoms. The van der Waals surface area contributed by atoms with Gasteiger partial charge in [0.1, 0.15) is 11.9 Å². The second-order valence-corrected chi connectivity index (χ2v) is 5.10. The maximum atomic E-state index is 12.9. The predicted octanol–water partition coefficient (Wildman–Crippen LogP) is 3.58. The highest BCUT2D eigenvalue weighted by Gasteiger charge is 2.15. The maximum Gasteiger partial charge on any atom is 0.242 e. The fraction of sp³-hybridized carbons (Fsp3) is 0.500. The molecule has 0 aliphatic carbocycles. The van der Waals surface area contributed by atoms with E-state index in [1.54, 1.807) is 6.92 Å². The Morgan fingerprint density at radius 2 is 2.11 bits per heavy atom. The van der Waals surface area contributed by atoms with Crippen LogP contribution in [0.1, 0.15) is 33.6 Å². The Morgan fingerprint density at radius 1 is 1.42 bits per heavy atom. The van der Waals surface area contributed by atoms with Gasteiger partial charge in [0.15, 0.2) is 0 Å². The van der Waals surface area contributed by atoms with Crippen LogP contribution in [-0.2, 0) is 4.79 Å². The molecule has 19 heavy (non-hydrogen) atoms. The number of carbonyl (C=O) groups excluding carboxylic acids is 1. The van der Waals surface area contributed by atoms with Gasteiger partial charge in [0, 0.05) is 6.04 Å². The van der Waals surface area contributed by atoms with Crippen LogP contribution in [0.25, 0.3) is 0 Å². The van der Waals surface area contributed by atoms with Gasteiger partial charge < -0.3 is 10.6 Å². The smallest absolute Gasteiger partial charge is 0.242 e. The van der Waals surface area contributed by atoms with Gasteiger partial charge in [-0.2, -0.15) is 0 Å². The largest absolute Gasteiger partial charge is 0.373 e. The zero-order valence-corrected chi connectivity index (χ0v) is 12.2. The van der Waals surface area contributed by atoms with E-state index in [9.17, 15) is 9.18 Å². The fourth-order valence-corrected chi connectivity index (χ4v) is 2.00. The summed E-state index contributed by atoms with van der Waals surface area (Å²) in [6.07, 6.45) is 1.96. The lowest BCUT2D eigenvalue weighted by Crippen LogP contribution is -2.42. The van der Waals surface area contributed by atoms with Gasteiger partial charge in [-0.25, -0.2) is 4.39 Å². The molecular formula is C14H20ClFN2O. The molecule has 1 amide bonds. The molecule has 0 saturated heterocycles. The van der Waals surface area contributed by atoms with Crippen LogP contribution >= 0.6 is 11.6 Å². The highest BCUT2D eigenvalue weighted by Crippen LogP contribution is 2.23. The van der Waals surface area contributed by atoms with Crippen molar-refractivity contribution in [1.82, 2.24) is 5.32 Å². The molecule has 1 rings (SSSR count). The molecule has 0 aliphatic rings. The van der Waals surface area contributed by atoms with Crippen LogP contribution in [0.15, 0.2) is 18.2 Å². The molecule has 5 heteroatoms. The molecule has 1 aromatic rings. The van der Waals surface area contributed by atoms with E-state index in [2.05, 4.69) is 17.6 Å². The van der Waals surface area contributed by atoms with Crippen LogP contribution in [0.4, 0.5) is 10.1 Å². The van der Waals surface area contributed by atoms with Gasteiger partial charge in [-0.05, 0) is 38.5 Å². The monoisotopic (exact) mass is 286 g/mol. The molecule has 2 N–H and O–H groups in total. The van der Waals surface area contributed by atoms with Crippen molar-refractivity contribution in [2.75, 3.05) is 5.32 Å². The minimum Gasteiger partial charge on any atom is -0.373 e. The van der Waals surface area contributed by atoms with E-state index in [0.717, 1.165) is 12.8 Å². The summed E-state index contributed by atoms with van der Waals surface area (Å²) in [5, 5.41) is 6.15. The first-order valence-electron chi connectivity index (χ1n) is 6.46. The number of anilines is 1. The number of halogens is 2. The second kappa shape index (κ2) is 7.34. The van der Waals surface area contributed by atoms with Crippen LogP contribution < -0.4 is 10.6 Å². The Bertz CT molecular complexity index is 439. The van der Waals surface area contributed by atoms with E-state index >= 15 is 0 Å². The van der Waals surface area contributed by atoms with E-state index in [4.69, 9.17) is 11.6 Å². The topological polar surface area (TPSA) is 41.1 Å². The number of hydrogen-bond donors (Lipinski definition) is 2. The van der Waals surface area contributed by atoms with E-state index in [0.29, 0.717) is 5.69 Å². The number of amides is 1. The standard InChI is InChI=1S/C14H20ClFN2O/c1-4-5-9(2)17-14(19)10(3)18-13-7-6-11(16)8-12(13)15/h6-10,18H,4-5H2,1-3H3,(H,17,19). The molecule has 1 aromatic carbocycles. The summed E-state index contributed by atoms with van der Waals surface area (Å²) in [6, 6.07) is 3.76. The summed E-state index contributed by atoms with van der Waals surface area (Å²) < 4.78 is 12.9. The van der Waals surface area contributed by atoms with Gasteiger partial charge in [-0.15, -0.1) is 0 Å². The van der Waals surface area contributed by atoms with Crippen molar-refractivity contribution in [1.29, 1.82) is 0 Å². The number of nitrogens with one attached hydrogen (secondary N) is 2. The minimum absolute atomic E-state index is 0.0960. The van der Waals surface area contributed by atoms with E-state index < -0.39 is 11.9 Å². The molecule has 0 aromatic heterocycles. The first kappa shape index (κ1) is 15.8. The summed E-state index contributed by atoms with van der Waals surface area (Å²) in [7, 11) is 0. The van der Waals surface area contributed by atoms with Crippen molar-refractivity contribution < 1.29 is 9.18 Å². The van der Waals surface area contributed by atoms with Gasteiger partial charge in [0.05, 0.1) is 10.7 Å². The second-order valence-electron chi connectivity index (χ2n) is 4.69. The van der Waals surface area contributed by atoms with Gasteiger partial charge in [0.2, 0.25) is 5.91 Å². The van der Waals surface area contributed by atoms with E-state index in [1.165, 1.54) is 18.2 Å². The normalized spacial score (nSPS) is 13.7. The molecule has 0 aliphatic heterocycles. The van der Waals surface area contributed by atoms with Crippen LogP contribution in [0, 0.1) is 5.82 Å². The molecule has 2 unspecified atom stereocenters. The number of carbonyl (C=O) groups is 1. The summed E-state index contributed by atoms with van der Waals surface area (Å²) in [6.45, 7) is 5.79. The number of benzene rings is 1. The quantitative estimate of drug-likeness (QED) is 0.839. The first-order chi connectivity index (χ1) is 8.93. The van der Waals surface area contributed by atoms with Crippen molar-refractivity contribution in [3.8, 4) is 0 Å². The van der Waals surface area contributed by atoms with E-state index in [1.807, 2.05) is 6.92 Å². The lowest BCUT2D eigenvalue weighted by molar-refractivity contribution is -0.122. The molecule has 106 valence electrons. The van der Waals surface area contributed by atoms with Crippen molar-refractivity contribution in [3.05, 3.63) is 29.0 Å². The molecule has 0 saturated carbocycles. The SMILES string of the molecule is CCCC(C)NC(=O)C(C)Nc1ccc(F)cc1Cl. The summed E-state index contributed by atoms with van der Waals surface area (Å²) in [4.78, 5) is 11.9. The molecule has 0 heterocycles. The Hall–Kier alpha value is -1.29. The van der Waals surface area contributed by atoms with Gasteiger partial charge in [0.25, 0.3) is 0 Å². The summed E-state index contributed by atoms with van der Waals surface area (Å²) in [5.41, 5.74) is 0.550. The Morgan fingerprint density at radius 3 is 2.68 bits per heavy atom. The maximum absolute atomic E-state index is 12.9. The van der Waals surface area contributed by atoms with Gasteiger partial charge in [-0.3, -0.25) is 4.79 Å². The lowest BCUT2D eigenvalue weighted by atomic mass is 10.2. The van der Waals surface area contributed by atoms with Crippen molar-refractivity contribution in [3.63, 3.8) is 0 Å². The lowest BCUT2D eigenvalue weighted by Gasteiger charge is -2.19. The average molecular weight is 287 g/mol. The van der Waals surface area contributed by atoms with Gasteiger partial charge >= 0.3 is 0 Å². The number of rotatable bonds is 6. The van der Waals surface area contributed by atoms with Crippen molar-refractivity contribution >= 4 is 23.2 Å². The van der Waals surface area contributed by atoms with E-state index in [-0.39, 0.29) is 17.0 Å². The minimum atomic E-state index is -0.428. The van der Waals surface area contributed by atoms with Crippen LogP contribution in [0.3, 0.4) is 0 Å². The Kier molecular flexibility index (Phi) is 6.09. The zero-order chi connectivity index (χ0) is 14.4. The predicted molar refractivity (Wildman–Crippen MR) is 77.0 cm³/mol. The third kappa shape index (κ3) is 5.07. The third-order valence-electron chi connectivity index (χ3n) is 2.81.